The lowest BCUT2D eigenvalue weighted by molar-refractivity contribution is 0.0852. The second kappa shape index (κ2) is 10.7. The molecule has 1 aliphatic heterocycles. The van der Waals surface area contributed by atoms with Crippen LogP contribution in [0.25, 0.3) is 16.9 Å². The Morgan fingerprint density at radius 1 is 0.921 bits per heavy atom. The van der Waals surface area contributed by atoms with E-state index in [1.807, 2.05) is 41.9 Å². The van der Waals surface area contributed by atoms with Gasteiger partial charge in [0.2, 0.25) is 0 Å². The van der Waals surface area contributed by atoms with Crippen LogP contribution in [0.15, 0.2) is 36.7 Å². The molecule has 9 nitrogen and oxygen atoms in total. The van der Waals surface area contributed by atoms with Crippen molar-refractivity contribution >= 4 is 23.3 Å². The lowest BCUT2D eigenvalue weighted by atomic mass is 9.95. The Morgan fingerprint density at radius 3 is 2.32 bits per heavy atom. The van der Waals surface area contributed by atoms with Gasteiger partial charge in [-0.25, -0.2) is 9.97 Å². The van der Waals surface area contributed by atoms with E-state index in [1.54, 1.807) is 6.20 Å². The van der Waals surface area contributed by atoms with E-state index < -0.39 is 0 Å². The van der Waals surface area contributed by atoms with Gasteiger partial charge in [0.1, 0.15) is 5.69 Å². The zero-order valence-corrected chi connectivity index (χ0v) is 22.0. The lowest BCUT2D eigenvalue weighted by Crippen LogP contribution is -2.39. The van der Waals surface area contributed by atoms with Gasteiger partial charge in [-0.05, 0) is 50.7 Å². The summed E-state index contributed by atoms with van der Waals surface area (Å²) in [6.45, 7) is 1.43. The summed E-state index contributed by atoms with van der Waals surface area (Å²) in [4.78, 5) is 37.6. The van der Waals surface area contributed by atoms with E-state index >= 15 is 0 Å². The van der Waals surface area contributed by atoms with Gasteiger partial charge in [0.25, 0.3) is 11.8 Å². The van der Waals surface area contributed by atoms with Gasteiger partial charge in [0.15, 0.2) is 11.5 Å². The molecule has 0 radical (unpaired) electrons. The van der Waals surface area contributed by atoms with Crippen molar-refractivity contribution in [2.75, 3.05) is 25.2 Å². The first-order valence-corrected chi connectivity index (χ1v) is 14.0. The van der Waals surface area contributed by atoms with Gasteiger partial charge in [0.05, 0.1) is 11.9 Å². The first-order chi connectivity index (χ1) is 18.6. The number of ether oxygens (including phenoxy) is 1. The average Bonchev–Trinajstić information content (AvgIpc) is 3.68. The summed E-state index contributed by atoms with van der Waals surface area (Å²) >= 11 is 0. The molecule has 2 amide bonds. The van der Waals surface area contributed by atoms with Crippen molar-refractivity contribution in [2.45, 2.75) is 75.9 Å². The van der Waals surface area contributed by atoms with Crippen LogP contribution < -0.4 is 15.5 Å². The Kier molecular flexibility index (Phi) is 7.02. The third-order valence-electron chi connectivity index (χ3n) is 8.08. The Morgan fingerprint density at radius 2 is 1.61 bits per heavy atom. The largest absolute Gasteiger partial charge is 0.381 e. The third kappa shape index (κ3) is 5.25. The molecule has 6 rings (SSSR count). The van der Waals surface area contributed by atoms with Crippen molar-refractivity contribution < 1.29 is 14.3 Å². The van der Waals surface area contributed by atoms with Crippen molar-refractivity contribution in [2.24, 2.45) is 0 Å². The molecule has 2 N–H and O–H groups in total. The number of carbonyl (C=O) groups excluding carboxylic acids is 2. The van der Waals surface area contributed by atoms with Gasteiger partial charge in [-0.3, -0.25) is 14.0 Å². The van der Waals surface area contributed by atoms with Crippen molar-refractivity contribution in [1.82, 2.24) is 25.0 Å². The van der Waals surface area contributed by atoms with Crippen molar-refractivity contribution in [3.05, 3.63) is 47.9 Å². The summed E-state index contributed by atoms with van der Waals surface area (Å²) in [6, 6.07) is 8.35. The number of aromatic nitrogens is 3. The van der Waals surface area contributed by atoms with Gasteiger partial charge in [-0.1, -0.05) is 31.4 Å². The molecule has 0 atom stereocenters. The lowest BCUT2D eigenvalue weighted by Gasteiger charge is -2.32. The molecular formula is C29H36N6O3. The number of nitrogens with zero attached hydrogens (tertiary/aromatic N) is 4. The molecule has 3 aliphatic rings. The van der Waals surface area contributed by atoms with E-state index in [2.05, 4.69) is 15.5 Å². The molecule has 9 heteroatoms. The van der Waals surface area contributed by atoms with E-state index in [4.69, 9.17) is 14.7 Å². The van der Waals surface area contributed by atoms with Gasteiger partial charge >= 0.3 is 0 Å². The number of benzene rings is 1. The van der Waals surface area contributed by atoms with Crippen LogP contribution in [0.1, 0.15) is 78.6 Å². The van der Waals surface area contributed by atoms with Gasteiger partial charge in [0, 0.05) is 55.7 Å². The normalized spacial score (nSPS) is 18.9. The molecule has 1 saturated heterocycles. The number of hydrogen-bond acceptors (Lipinski definition) is 6. The van der Waals surface area contributed by atoms with Crippen LogP contribution in [0.5, 0.6) is 0 Å². The SMILES string of the molecule is CN(c1nc(C(=O)NC2CCCCC2)cn2c(-c3ccc(C(=O)NC4CC4)cc3)cnc12)C1CCOCC1. The first-order valence-electron chi connectivity index (χ1n) is 14.0. The number of amides is 2. The summed E-state index contributed by atoms with van der Waals surface area (Å²) in [5.41, 5.74) is 3.51. The fourth-order valence-corrected chi connectivity index (χ4v) is 5.57. The number of hydrogen-bond donors (Lipinski definition) is 2. The Labute approximate surface area is 223 Å². The molecule has 0 unspecified atom stereocenters. The van der Waals surface area contributed by atoms with Crippen molar-refractivity contribution in [1.29, 1.82) is 0 Å². The summed E-state index contributed by atoms with van der Waals surface area (Å²) in [5, 5.41) is 6.25. The number of anilines is 1. The van der Waals surface area contributed by atoms with E-state index in [1.165, 1.54) is 6.42 Å². The van der Waals surface area contributed by atoms with E-state index in [0.29, 0.717) is 42.0 Å². The molecule has 2 aliphatic carbocycles. The zero-order valence-electron chi connectivity index (χ0n) is 22.0. The maximum absolute atomic E-state index is 13.4. The van der Waals surface area contributed by atoms with Crippen LogP contribution in [0, 0.1) is 0 Å². The molecule has 3 heterocycles. The minimum absolute atomic E-state index is 0.0385. The summed E-state index contributed by atoms with van der Waals surface area (Å²) in [7, 11) is 2.03. The van der Waals surface area contributed by atoms with E-state index in [9.17, 15) is 9.59 Å². The highest BCUT2D eigenvalue weighted by atomic mass is 16.5. The highest BCUT2D eigenvalue weighted by Gasteiger charge is 2.26. The maximum Gasteiger partial charge on any atom is 0.271 e. The number of carbonyl (C=O) groups is 2. The van der Waals surface area contributed by atoms with Crippen molar-refractivity contribution in [3.8, 4) is 11.3 Å². The molecule has 1 aromatic carbocycles. The van der Waals surface area contributed by atoms with Crippen LogP contribution >= 0.6 is 0 Å². The quantitative estimate of drug-likeness (QED) is 0.493. The fraction of sp³-hybridized carbons (Fsp3) is 0.517. The van der Waals surface area contributed by atoms with Gasteiger partial charge < -0.3 is 20.3 Å². The van der Waals surface area contributed by atoms with Crippen LogP contribution in [0.4, 0.5) is 5.82 Å². The molecule has 3 fully saturated rings. The molecule has 3 aromatic rings. The molecule has 2 aromatic heterocycles. The van der Waals surface area contributed by atoms with Crippen LogP contribution in [0.3, 0.4) is 0 Å². The summed E-state index contributed by atoms with van der Waals surface area (Å²) in [5.74, 6) is 0.510. The smallest absolute Gasteiger partial charge is 0.271 e. The topological polar surface area (TPSA) is 101 Å². The van der Waals surface area contributed by atoms with E-state index in [0.717, 1.165) is 62.6 Å². The summed E-state index contributed by atoms with van der Waals surface area (Å²) < 4.78 is 7.54. The van der Waals surface area contributed by atoms with Gasteiger partial charge in [-0.2, -0.15) is 0 Å². The molecule has 38 heavy (non-hydrogen) atoms. The second-order valence-electron chi connectivity index (χ2n) is 10.9. The van der Waals surface area contributed by atoms with Gasteiger partial charge in [-0.15, -0.1) is 0 Å². The Hall–Kier alpha value is -3.46. The average molecular weight is 517 g/mol. The molecule has 0 bridgehead atoms. The maximum atomic E-state index is 13.4. The number of rotatable bonds is 7. The predicted octanol–water partition coefficient (Wildman–Crippen LogP) is 3.97. The number of imidazole rings is 1. The molecule has 0 spiro atoms. The minimum atomic E-state index is -0.146. The van der Waals surface area contributed by atoms with Crippen molar-refractivity contribution in [3.63, 3.8) is 0 Å². The standard InChI is InChI=1S/C29H36N6O3/c1-34(23-13-15-38-16-14-23)27-26-30-17-25(19-7-9-20(10-8-19)28(36)31-22-11-12-22)35(26)18-24(33-27)29(37)32-21-5-3-2-4-6-21/h7-10,17-18,21-23H,2-6,11-16H2,1H3,(H,31,36)(H,32,37). The first kappa shape index (κ1) is 24.9. The Bertz CT molecular complexity index is 1300. The third-order valence-corrected chi connectivity index (χ3v) is 8.08. The highest BCUT2D eigenvalue weighted by Crippen LogP contribution is 2.29. The molecular weight excluding hydrogens is 480 g/mol. The van der Waals surface area contributed by atoms with E-state index in [-0.39, 0.29) is 23.9 Å². The highest BCUT2D eigenvalue weighted by molar-refractivity contribution is 5.95. The van der Waals surface area contributed by atoms with Crippen LogP contribution in [0.2, 0.25) is 0 Å². The molecule has 2 saturated carbocycles. The second-order valence-corrected chi connectivity index (χ2v) is 10.9. The summed E-state index contributed by atoms with van der Waals surface area (Å²) in [6.07, 6.45) is 13.1. The number of nitrogens with one attached hydrogen (secondary N) is 2. The molecule has 200 valence electrons. The minimum Gasteiger partial charge on any atom is -0.381 e. The van der Waals surface area contributed by atoms with Crippen LogP contribution in [-0.2, 0) is 4.74 Å². The zero-order chi connectivity index (χ0) is 26.1. The monoisotopic (exact) mass is 516 g/mol. The fourth-order valence-electron chi connectivity index (χ4n) is 5.57. The predicted molar refractivity (Wildman–Crippen MR) is 145 cm³/mol. The number of fused-ring (bicyclic) bond motifs is 1. The Balaban J connectivity index is 1.35. The van der Waals surface area contributed by atoms with Crippen LogP contribution in [-0.4, -0.2) is 64.6 Å².